The van der Waals surface area contributed by atoms with E-state index in [0.717, 1.165) is 4.47 Å². The number of ether oxygens (including phenoxy) is 1. The molecule has 1 aromatic carbocycles. The summed E-state index contributed by atoms with van der Waals surface area (Å²) in [5.41, 5.74) is 5.78. The molecule has 0 aliphatic heterocycles. The Bertz CT molecular complexity index is 577. The Labute approximate surface area is 106 Å². The molecule has 0 saturated heterocycles. The zero-order valence-corrected chi connectivity index (χ0v) is 10.2. The molecule has 5 nitrogen and oxygen atoms in total. The van der Waals surface area contributed by atoms with Crippen molar-refractivity contribution in [2.75, 3.05) is 5.73 Å². The predicted molar refractivity (Wildman–Crippen MR) is 65.4 cm³/mol. The third-order valence-corrected chi connectivity index (χ3v) is 2.47. The fourth-order valence-electron chi connectivity index (χ4n) is 1.12. The number of halogens is 1. The van der Waals surface area contributed by atoms with E-state index in [2.05, 4.69) is 25.9 Å². The molecule has 0 unspecified atom stereocenters. The van der Waals surface area contributed by atoms with E-state index in [1.54, 1.807) is 12.1 Å². The van der Waals surface area contributed by atoms with Crippen molar-refractivity contribution in [3.63, 3.8) is 0 Å². The highest BCUT2D eigenvalue weighted by Gasteiger charge is 2.05. The van der Waals surface area contributed by atoms with Gasteiger partial charge < -0.3 is 10.5 Å². The number of hydrogen-bond acceptors (Lipinski definition) is 5. The lowest BCUT2D eigenvalue weighted by molar-refractivity contribution is 0.442. The number of benzene rings is 1. The van der Waals surface area contributed by atoms with Crippen molar-refractivity contribution in [3.05, 3.63) is 40.5 Å². The van der Waals surface area contributed by atoms with Gasteiger partial charge >= 0.3 is 6.01 Å². The fourth-order valence-corrected chi connectivity index (χ4v) is 1.39. The Kier molecular flexibility index (Phi) is 3.21. The zero-order chi connectivity index (χ0) is 12.3. The first-order chi connectivity index (χ1) is 8.19. The van der Waals surface area contributed by atoms with Gasteiger partial charge in [-0.1, -0.05) is 15.9 Å². The van der Waals surface area contributed by atoms with Gasteiger partial charge in [0, 0.05) is 4.47 Å². The van der Waals surface area contributed by atoms with Crippen LogP contribution < -0.4 is 10.5 Å². The summed E-state index contributed by atoms with van der Waals surface area (Å²) in [6.07, 6.45) is 1.33. The molecule has 84 valence electrons. The maximum Gasteiger partial charge on any atom is 0.323 e. The zero-order valence-electron chi connectivity index (χ0n) is 8.59. The van der Waals surface area contributed by atoms with Crippen LogP contribution in [0.15, 0.2) is 34.9 Å². The van der Waals surface area contributed by atoms with Crippen LogP contribution in [0.2, 0.25) is 0 Å². The third-order valence-electron chi connectivity index (χ3n) is 1.94. The quantitative estimate of drug-likeness (QED) is 0.918. The van der Waals surface area contributed by atoms with Gasteiger partial charge in [0.15, 0.2) is 0 Å². The van der Waals surface area contributed by atoms with E-state index in [-0.39, 0.29) is 17.4 Å². The highest BCUT2D eigenvalue weighted by molar-refractivity contribution is 9.10. The molecule has 6 heteroatoms. The van der Waals surface area contributed by atoms with Gasteiger partial charge in [-0.15, -0.1) is 0 Å². The largest absolute Gasteiger partial charge is 0.424 e. The Balaban J connectivity index is 2.22. The number of hydrogen-bond donors (Lipinski definition) is 1. The molecular weight excluding hydrogens is 284 g/mol. The molecule has 2 aromatic rings. The summed E-state index contributed by atoms with van der Waals surface area (Å²) in [5.74, 6) is 0.701. The highest BCUT2D eigenvalue weighted by atomic mass is 79.9. The normalized spacial score (nSPS) is 9.65. The van der Waals surface area contributed by atoms with Gasteiger partial charge in [-0.2, -0.15) is 10.2 Å². The van der Waals surface area contributed by atoms with Crippen LogP contribution in [-0.4, -0.2) is 9.97 Å². The van der Waals surface area contributed by atoms with Crippen LogP contribution in [0.3, 0.4) is 0 Å². The first-order valence-electron chi connectivity index (χ1n) is 4.65. The first kappa shape index (κ1) is 11.4. The molecule has 17 heavy (non-hydrogen) atoms. The van der Waals surface area contributed by atoms with Crippen molar-refractivity contribution in [1.29, 1.82) is 5.26 Å². The number of anilines is 1. The summed E-state index contributed by atoms with van der Waals surface area (Å²) in [4.78, 5) is 7.75. The highest BCUT2D eigenvalue weighted by Crippen LogP contribution is 2.21. The van der Waals surface area contributed by atoms with E-state index in [1.165, 1.54) is 6.20 Å². The lowest BCUT2D eigenvalue weighted by atomic mass is 10.3. The average molecular weight is 291 g/mol. The van der Waals surface area contributed by atoms with E-state index in [9.17, 15) is 0 Å². The smallest absolute Gasteiger partial charge is 0.323 e. The maximum atomic E-state index is 8.67. The Hall–Kier alpha value is -2.13. The molecule has 0 aliphatic carbocycles. The van der Waals surface area contributed by atoms with E-state index in [1.807, 2.05) is 18.2 Å². The lowest BCUT2D eigenvalue weighted by Crippen LogP contribution is -1.99. The number of nitrogens with two attached hydrogens (primary N) is 1. The molecule has 0 aliphatic rings. The predicted octanol–water partition coefficient (Wildman–Crippen LogP) is 2.49. The number of aromatic nitrogens is 2. The Morgan fingerprint density at radius 3 is 2.59 bits per heavy atom. The van der Waals surface area contributed by atoms with Crippen LogP contribution in [0.25, 0.3) is 0 Å². The third kappa shape index (κ3) is 2.71. The lowest BCUT2D eigenvalue weighted by Gasteiger charge is -2.04. The van der Waals surface area contributed by atoms with Crippen molar-refractivity contribution in [2.24, 2.45) is 0 Å². The second-order valence-electron chi connectivity index (χ2n) is 3.12. The molecule has 0 radical (unpaired) electrons. The van der Waals surface area contributed by atoms with Crippen LogP contribution in [-0.2, 0) is 0 Å². The molecule has 1 heterocycles. The van der Waals surface area contributed by atoms with E-state index >= 15 is 0 Å². The van der Waals surface area contributed by atoms with Crippen molar-refractivity contribution in [1.82, 2.24) is 9.97 Å². The molecule has 1 aromatic heterocycles. The van der Waals surface area contributed by atoms with Crippen molar-refractivity contribution < 1.29 is 4.74 Å². The van der Waals surface area contributed by atoms with Crippen molar-refractivity contribution in [2.45, 2.75) is 0 Å². The van der Waals surface area contributed by atoms with Crippen molar-refractivity contribution >= 4 is 21.7 Å². The van der Waals surface area contributed by atoms with Crippen molar-refractivity contribution in [3.8, 4) is 17.8 Å². The summed E-state index contributed by atoms with van der Waals surface area (Å²) in [6, 6.07) is 9.20. The summed E-state index contributed by atoms with van der Waals surface area (Å²) < 4.78 is 6.33. The van der Waals surface area contributed by atoms with Crippen LogP contribution in [0, 0.1) is 11.3 Å². The Morgan fingerprint density at radius 1 is 1.29 bits per heavy atom. The summed E-state index contributed by atoms with van der Waals surface area (Å²) in [6.45, 7) is 0. The standard InChI is InChI=1S/C11H7BrN4O/c12-8-1-3-9(4-2-8)17-11-15-6-7(5-13)10(14)16-11/h1-4,6H,(H2,14,15,16). The van der Waals surface area contributed by atoms with Crippen LogP contribution in [0.5, 0.6) is 11.8 Å². The molecule has 0 fully saturated rings. The first-order valence-corrected chi connectivity index (χ1v) is 5.44. The second kappa shape index (κ2) is 4.80. The van der Waals surface area contributed by atoms with Crippen LogP contribution >= 0.6 is 15.9 Å². The monoisotopic (exact) mass is 290 g/mol. The number of rotatable bonds is 2. The molecule has 2 N–H and O–H groups in total. The Morgan fingerprint density at radius 2 is 2.00 bits per heavy atom. The SMILES string of the molecule is N#Cc1cnc(Oc2ccc(Br)cc2)nc1N. The van der Waals surface area contributed by atoms with Crippen LogP contribution in [0.4, 0.5) is 5.82 Å². The van der Waals surface area contributed by atoms with Gasteiger partial charge in [-0.25, -0.2) is 4.98 Å². The van der Waals surface area contributed by atoms with E-state index in [4.69, 9.17) is 15.7 Å². The van der Waals surface area contributed by atoms with E-state index < -0.39 is 0 Å². The fraction of sp³-hybridized carbons (Fsp3) is 0. The average Bonchev–Trinajstić information content (AvgIpc) is 2.32. The molecule has 0 amide bonds. The molecular formula is C11H7BrN4O. The number of nitrogen functional groups attached to an aromatic ring is 1. The number of nitriles is 1. The summed E-state index contributed by atoms with van der Waals surface area (Å²) >= 11 is 3.32. The minimum Gasteiger partial charge on any atom is -0.424 e. The van der Waals surface area contributed by atoms with Gasteiger partial charge in [-0.05, 0) is 24.3 Å². The molecule has 0 saturated carbocycles. The molecule has 0 atom stereocenters. The van der Waals surface area contributed by atoms with Gasteiger partial charge in [0.05, 0.1) is 6.20 Å². The molecule has 0 spiro atoms. The minimum absolute atomic E-state index is 0.106. The second-order valence-corrected chi connectivity index (χ2v) is 4.03. The van der Waals surface area contributed by atoms with E-state index in [0.29, 0.717) is 5.75 Å². The summed E-state index contributed by atoms with van der Waals surface area (Å²) in [5, 5.41) is 8.67. The van der Waals surface area contributed by atoms with Gasteiger partial charge in [0.1, 0.15) is 23.2 Å². The topological polar surface area (TPSA) is 84.8 Å². The van der Waals surface area contributed by atoms with Gasteiger partial charge in [-0.3, -0.25) is 0 Å². The number of nitrogens with zero attached hydrogens (tertiary/aromatic N) is 3. The minimum atomic E-state index is 0.106. The summed E-state index contributed by atoms with van der Waals surface area (Å²) in [7, 11) is 0. The maximum absolute atomic E-state index is 8.67. The molecule has 0 bridgehead atoms. The van der Waals surface area contributed by atoms with Crippen LogP contribution in [0.1, 0.15) is 5.56 Å². The van der Waals surface area contributed by atoms with Gasteiger partial charge in [0.25, 0.3) is 0 Å². The van der Waals surface area contributed by atoms with Gasteiger partial charge in [0.2, 0.25) is 0 Å². The molecule has 2 rings (SSSR count).